The fourth-order valence-corrected chi connectivity index (χ4v) is 4.74. The molecule has 1 aromatic heterocycles. The van der Waals surface area contributed by atoms with Gasteiger partial charge in [-0.05, 0) is 24.3 Å². The van der Waals surface area contributed by atoms with Gasteiger partial charge in [0, 0.05) is 33.2 Å². The van der Waals surface area contributed by atoms with E-state index in [1.807, 2.05) is 0 Å². The number of hydrogen-bond donors (Lipinski definition) is 2. The Morgan fingerprint density at radius 2 is 2.12 bits per heavy atom. The van der Waals surface area contributed by atoms with Crippen LogP contribution in [0.4, 0.5) is 0 Å². The molecule has 1 aliphatic rings. The molecule has 0 aromatic carbocycles. The third kappa shape index (κ3) is 5.41. The molecule has 2 rings (SSSR count). The zero-order valence-corrected chi connectivity index (χ0v) is 16.0. The van der Waals surface area contributed by atoms with Crippen molar-refractivity contribution in [1.82, 2.24) is 14.9 Å². The molecule has 0 atom stereocenters. The van der Waals surface area contributed by atoms with E-state index in [4.69, 9.17) is 4.74 Å². The topological polar surface area (TPSA) is 100 Å². The number of hydrogen-bond acceptors (Lipinski definition) is 6. The first kappa shape index (κ1) is 19.7. The Kier molecular flexibility index (Phi) is 7.21. The highest BCUT2D eigenvalue weighted by molar-refractivity contribution is 7.91. The number of nitrogens with one attached hydrogen (secondary N) is 2. The molecule has 1 fully saturated rings. The average Bonchev–Trinajstić information content (AvgIpc) is 3.17. The number of likely N-dealkylation sites (tertiary alicyclic amines) is 1. The molecule has 0 radical (unpaired) electrons. The maximum atomic E-state index is 12.0. The van der Waals surface area contributed by atoms with Crippen LogP contribution in [0, 0.1) is 5.92 Å². The molecule has 1 aromatic rings. The number of sulfonamides is 1. The van der Waals surface area contributed by atoms with Crippen LogP contribution in [-0.2, 0) is 19.6 Å². The number of aliphatic imine (C=N–C) groups is 1. The smallest absolute Gasteiger partial charge is 0.308 e. The van der Waals surface area contributed by atoms with Crippen molar-refractivity contribution in [1.29, 1.82) is 0 Å². The van der Waals surface area contributed by atoms with E-state index >= 15 is 0 Å². The van der Waals surface area contributed by atoms with Crippen LogP contribution >= 0.6 is 11.3 Å². The Morgan fingerprint density at radius 1 is 1.40 bits per heavy atom. The fraction of sp³-hybridized carbons (Fsp3) is 0.600. The zero-order chi connectivity index (χ0) is 18.3. The summed E-state index contributed by atoms with van der Waals surface area (Å²) < 4.78 is 31.7. The third-order valence-electron chi connectivity index (χ3n) is 4.00. The summed E-state index contributed by atoms with van der Waals surface area (Å²) in [5.74, 6) is 0.487. The minimum absolute atomic E-state index is 0.0584. The molecule has 0 spiro atoms. The van der Waals surface area contributed by atoms with E-state index < -0.39 is 10.0 Å². The molecule has 0 amide bonds. The molecule has 25 heavy (non-hydrogen) atoms. The maximum Gasteiger partial charge on any atom is 0.308 e. The number of thiophene rings is 1. The summed E-state index contributed by atoms with van der Waals surface area (Å²) >= 11 is 1.19. The van der Waals surface area contributed by atoms with Gasteiger partial charge in [-0.3, -0.25) is 9.79 Å². The van der Waals surface area contributed by atoms with Crippen LogP contribution in [0.25, 0.3) is 0 Å². The van der Waals surface area contributed by atoms with Gasteiger partial charge in [0.25, 0.3) is 0 Å². The molecule has 2 N–H and O–H groups in total. The number of guanidine groups is 1. The third-order valence-corrected chi connectivity index (χ3v) is 6.86. The number of nitrogens with zero attached hydrogens (tertiary/aromatic N) is 2. The van der Waals surface area contributed by atoms with Gasteiger partial charge in [0.1, 0.15) is 4.21 Å². The van der Waals surface area contributed by atoms with Crippen LogP contribution in [-0.4, -0.2) is 65.6 Å². The molecular weight excluding hydrogens is 364 g/mol. The Hall–Kier alpha value is -1.65. The standard InChI is InChI=1S/C15H24N4O4S2/c1-16-15(19-9-5-12(6-10-19)14(20)23-2)17-7-8-18-25(21,22)13-4-3-11-24-13/h3-4,11-12,18H,5-10H2,1-2H3,(H,16,17). The summed E-state index contributed by atoms with van der Waals surface area (Å²) in [4.78, 5) is 17.9. The van der Waals surface area contributed by atoms with Crippen molar-refractivity contribution in [2.24, 2.45) is 10.9 Å². The SMILES string of the molecule is CN=C(NCCNS(=O)(=O)c1cccs1)N1CCC(C(=O)OC)CC1. The molecule has 0 saturated carbocycles. The largest absolute Gasteiger partial charge is 0.469 e. The van der Waals surface area contributed by atoms with Gasteiger partial charge in [0.2, 0.25) is 10.0 Å². The van der Waals surface area contributed by atoms with Crippen molar-refractivity contribution in [2.45, 2.75) is 17.1 Å². The van der Waals surface area contributed by atoms with E-state index in [0.717, 1.165) is 12.8 Å². The highest BCUT2D eigenvalue weighted by atomic mass is 32.2. The Morgan fingerprint density at radius 3 is 2.68 bits per heavy atom. The van der Waals surface area contributed by atoms with Gasteiger partial charge in [0.15, 0.2) is 5.96 Å². The monoisotopic (exact) mass is 388 g/mol. The minimum Gasteiger partial charge on any atom is -0.469 e. The lowest BCUT2D eigenvalue weighted by atomic mass is 9.97. The summed E-state index contributed by atoms with van der Waals surface area (Å²) in [6.07, 6.45) is 1.44. The lowest BCUT2D eigenvalue weighted by Crippen LogP contribution is -2.48. The van der Waals surface area contributed by atoms with Crippen molar-refractivity contribution in [3.63, 3.8) is 0 Å². The second kappa shape index (κ2) is 9.16. The van der Waals surface area contributed by atoms with Crippen molar-refractivity contribution in [2.75, 3.05) is 40.3 Å². The minimum atomic E-state index is -3.44. The number of esters is 1. The van der Waals surface area contributed by atoms with Gasteiger partial charge in [-0.2, -0.15) is 0 Å². The summed E-state index contributed by atoms with van der Waals surface area (Å²) in [7, 11) is -0.348. The lowest BCUT2D eigenvalue weighted by molar-refractivity contribution is -0.146. The highest BCUT2D eigenvalue weighted by Crippen LogP contribution is 2.18. The first-order chi connectivity index (χ1) is 12.0. The summed E-state index contributed by atoms with van der Waals surface area (Å²) in [5.41, 5.74) is 0. The molecule has 8 nitrogen and oxygen atoms in total. The Balaban J connectivity index is 1.75. The van der Waals surface area contributed by atoms with Crippen molar-refractivity contribution in [3.05, 3.63) is 17.5 Å². The van der Waals surface area contributed by atoms with Crippen LogP contribution in [0.15, 0.2) is 26.7 Å². The first-order valence-corrected chi connectivity index (χ1v) is 10.4. The Labute approximate surface area is 152 Å². The molecule has 1 aliphatic heterocycles. The van der Waals surface area contributed by atoms with E-state index in [2.05, 4.69) is 19.9 Å². The van der Waals surface area contributed by atoms with E-state index in [1.54, 1.807) is 24.6 Å². The summed E-state index contributed by atoms with van der Waals surface area (Å²) in [6, 6.07) is 3.28. The van der Waals surface area contributed by atoms with Crippen molar-refractivity contribution < 1.29 is 17.9 Å². The molecule has 10 heteroatoms. The van der Waals surface area contributed by atoms with Gasteiger partial charge in [0.05, 0.1) is 13.0 Å². The average molecular weight is 389 g/mol. The normalized spacial score (nSPS) is 16.7. The first-order valence-electron chi connectivity index (χ1n) is 8.04. The van der Waals surface area contributed by atoms with Crippen LogP contribution in [0.1, 0.15) is 12.8 Å². The molecule has 0 aliphatic carbocycles. The quantitative estimate of drug-likeness (QED) is 0.318. The van der Waals surface area contributed by atoms with Crippen molar-refractivity contribution in [3.8, 4) is 0 Å². The summed E-state index contributed by atoms with van der Waals surface area (Å²) in [6.45, 7) is 2.10. The predicted octanol–water partition coefficient (Wildman–Crippen LogP) is 0.487. The van der Waals surface area contributed by atoms with Gasteiger partial charge < -0.3 is 15.0 Å². The number of rotatable bonds is 6. The predicted molar refractivity (Wildman–Crippen MR) is 97.2 cm³/mol. The number of carbonyl (C=O) groups is 1. The van der Waals surface area contributed by atoms with Gasteiger partial charge in [-0.1, -0.05) is 6.07 Å². The molecule has 0 bridgehead atoms. The molecule has 140 valence electrons. The van der Waals surface area contributed by atoms with Gasteiger partial charge in [-0.15, -0.1) is 11.3 Å². The van der Waals surface area contributed by atoms with Gasteiger partial charge in [-0.25, -0.2) is 13.1 Å². The fourth-order valence-electron chi connectivity index (χ4n) is 2.67. The van der Waals surface area contributed by atoms with E-state index in [-0.39, 0.29) is 18.4 Å². The van der Waals surface area contributed by atoms with Crippen LogP contribution in [0.5, 0.6) is 0 Å². The highest BCUT2D eigenvalue weighted by Gasteiger charge is 2.26. The van der Waals surface area contributed by atoms with E-state index in [1.165, 1.54) is 18.4 Å². The van der Waals surface area contributed by atoms with Crippen molar-refractivity contribution >= 4 is 33.3 Å². The molecular formula is C15H24N4O4S2. The van der Waals surface area contributed by atoms with Gasteiger partial charge >= 0.3 is 5.97 Å². The van der Waals surface area contributed by atoms with E-state index in [9.17, 15) is 13.2 Å². The van der Waals surface area contributed by atoms with Crippen LogP contribution in [0.2, 0.25) is 0 Å². The second-order valence-corrected chi connectivity index (χ2v) is 8.53. The van der Waals surface area contributed by atoms with Crippen LogP contribution in [0.3, 0.4) is 0 Å². The molecule has 1 saturated heterocycles. The maximum absolute atomic E-state index is 12.0. The molecule has 2 heterocycles. The zero-order valence-electron chi connectivity index (χ0n) is 14.4. The van der Waals surface area contributed by atoms with E-state index in [0.29, 0.717) is 29.8 Å². The number of piperidine rings is 1. The lowest BCUT2D eigenvalue weighted by Gasteiger charge is -2.33. The van der Waals surface area contributed by atoms with Crippen LogP contribution < -0.4 is 10.0 Å². The summed E-state index contributed by atoms with van der Waals surface area (Å²) in [5, 5.41) is 4.88. The number of ether oxygens (including phenoxy) is 1. The number of methoxy groups -OCH3 is 1. The number of carbonyl (C=O) groups excluding carboxylic acids is 1. The molecule has 0 unspecified atom stereocenters. The second-order valence-electron chi connectivity index (χ2n) is 5.59. The Bertz CT molecular complexity index is 680.